The average Bonchev–Trinajstić information content (AvgIpc) is 2.42. The molecular weight excluding hydrogens is 272 g/mol. The summed E-state index contributed by atoms with van der Waals surface area (Å²) < 4.78 is 6.19. The van der Waals surface area contributed by atoms with Crippen molar-refractivity contribution < 1.29 is 4.43 Å². The van der Waals surface area contributed by atoms with Gasteiger partial charge in [0.15, 0.2) is 13.5 Å². The van der Waals surface area contributed by atoms with Gasteiger partial charge in [0.1, 0.15) is 0 Å². The first-order valence-corrected chi connectivity index (χ1v) is 11.4. The molecule has 0 aromatic carbocycles. The molecule has 0 aliphatic rings. The summed E-state index contributed by atoms with van der Waals surface area (Å²) in [6.45, 7) is 9.63. The van der Waals surface area contributed by atoms with E-state index in [1.54, 1.807) is 11.8 Å². The summed E-state index contributed by atoms with van der Waals surface area (Å²) in [5.74, 6) is 0. The van der Waals surface area contributed by atoms with Gasteiger partial charge in [-0.3, -0.25) is 0 Å². The van der Waals surface area contributed by atoms with E-state index in [1.807, 2.05) is 12.5 Å². The molecule has 0 aliphatic carbocycles. The van der Waals surface area contributed by atoms with Crippen molar-refractivity contribution in [1.82, 2.24) is 9.97 Å². The highest BCUT2D eigenvalue weighted by molar-refractivity contribution is 7.98. The van der Waals surface area contributed by atoms with Gasteiger partial charge in [-0.25, -0.2) is 9.97 Å². The predicted octanol–water partition coefficient (Wildman–Crippen LogP) is 4.28. The fraction of sp³-hybridized carbons (Fsp3) is 0.714. The second kappa shape index (κ2) is 8.02. The number of hydrogen-bond donors (Lipinski definition) is 0. The zero-order valence-corrected chi connectivity index (χ0v) is 14.6. The molecule has 0 saturated heterocycles. The molecule has 1 rings (SSSR count). The summed E-state index contributed by atoms with van der Waals surface area (Å²) in [5, 5.41) is 0.850. The van der Waals surface area contributed by atoms with Crippen molar-refractivity contribution in [1.29, 1.82) is 0 Å². The van der Waals surface area contributed by atoms with Gasteiger partial charge in [-0.1, -0.05) is 38.5 Å². The van der Waals surface area contributed by atoms with Crippen LogP contribution in [-0.2, 0) is 17.5 Å². The highest BCUT2D eigenvalue weighted by atomic mass is 32.2. The van der Waals surface area contributed by atoms with Gasteiger partial charge >= 0.3 is 0 Å². The van der Waals surface area contributed by atoms with Crippen LogP contribution in [0.4, 0.5) is 0 Å². The van der Waals surface area contributed by atoms with Crippen LogP contribution in [0.25, 0.3) is 0 Å². The SMILES string of the molecule is CCCC[Si](C)(C)OCc1cnc(SC)nc1CC. The Labute approximate surface area is 122 Å². The molecule has 1 aromatic rings. The van der Waals surface area contributed by atoms with Gasteiger partial charge in [0.2, 0.25) is 0 Å². The van der Waals surface area contributed by atoms with Crippen molar-refractivity contribution in [2.75, 3.05) is 6.26 Å². The number of rotatable bonds is 8. The highest BCUT2D eigenvalue weighted by Gasteiger charge is 2.22. The van der Waals surface area contributed by atoms with Crippen LogP contribution in [0, 0.1) is 0 Å². The molecule has 0 saturated carbocycles. The largest absolute Gasteiger partial charge is 0.413 e. The molecule has 0 unspecified atom stereocenters. The highest BCUT2D eigenvalue weighted by Crippen LogP contribution is 2.19. The Morgan fingerprint density at radius 3 is 2.63 bits per heavy atom. The lowest BCUT2D eigenvalue weighted by Crippen LogP contribution is -2.30. The Morgan fingerprint density at radius 1 is 1.32 bits per heavy atom. The minimum absolute atomic E-state index is 0.667. The Morgan fingerprint density at radius 2 is 2.05 bits per heavy atom. The molecule has 0 fully saturated rings. The van der Waals surface area contributed by atoms with Gasteiger partial charge < -0.3 is 4.43 Å². The van der Waals surface area contributed by atoms with Gasteiger partial charge in [-0.05, 0) is 31.8 Å². The standard InChI is InChI=1S/C14H26N2OSSi/c1-6-8-9-19(4,5)17-11-12-10-15-14(18-3)16-13(12)7-2/h10H,6-9,11H2,1-5H3. The Hall–Kier alpha value is -0.393. The number of aryl methyl sites for hydroxylation is 1. The Kier molecular flexibility index (Phi) is 7.03. The molecule has 0 bridgehead atoms. The molecule has 19 heavy (non-hydrogen) atoms. The van der Waals surface area contributed by atoms with Crippen LogP contribution < -0.4 is 0 Å². The summed E-state index contributed by atoms with van der Waals surface area (Å²) in [5.41, 5.74) is 2.28. The number of nitrogens with zero attached hydrogens (tertiary/aromatic N) is 2. The second-order valence-corrected chi connectivity index (χ2v) is 10.4. The zero-order chi connectivity index (χ0) is 14.3. The fourth-order valence-corrected chi connectivity index (χ4v) is 4.15. The van der Waals surface area contributed by atoms with Crippen LogP contribution >= 0.6 is 11.8 Å². The van der Waals surface area contributed by atoms with Gasteiger partial charge in [0.05, 0.1) is 12.3 Å². The van der Waals surface area contributed by atoms with E-state index in [0.29, 0.717) is 6.61 Å². The third-order valence-electron chi connectivity index (χ3n) is 3.20. The topological polar surface area (TPSA) is 35.0 Å². The second-order valence-electron chi connectivity index (χ2n) is 5.33. The first kappa shape index (κ1) is 16.7. The molecule has 108 valence electrons. The van der Waals surface area contributed by atoms with E-state index in [4.69, 9.17) is 4.43 Å². The van der Waals surface area contributed by atoms with Crippen molar-refractivity contribution in [2.45, 2.75) is 64.0 Å². The molecule has 1 heterocycles. The molecule has 1 aromatic heterocycles. The van der Waals surface area contributed by atoms with Crippen molar-refractivity contribution in [3.05, 3.63) is 17.5 Å². The van der Waals surface area contributed by atoms with Gasteiger partial charge in [0, 0.05) is 11.8 Å². The fourth-order valence-electron chi connectivity index (χ4n) is 1.90. The van der Waals surface area contributed by atoms with Gasteiger partial charge in [-0.2, -0.15) is 0 Å². The summed E-state index contributed by atoms with van der Waals surface area (Å²) in [7, 11) is -1.53. The number of hydrogen-bond acceptors (Lipinski definition) is 4. The summed E-state index contributed by atoms with van der Waals surface area (Å²) in [6, 6.07) is 1.23. The Bertz CT molecular complexity index is 399. The molecule has 0 aliphatic heterocycles. The molecule has 3 nitrogen and oxygen atoms in total. The smallest absolute Gasteiger partial charge is 0.187 e. The third-order valence-corrected chi connectivity index (χ3v) is 6.25. The van der Waals surface area contributed by atoms with E-state index < -0.39 is 8.32 Å². The number of thioether (sulfide) groups is 1. The van der Waals surface area contributed by atoms with E-state index in [-0.39, 0.29) is 0 Å². The maximum absolute atomic E-state index is 6.19. The normalized spacial score (nSPS) is 11.8. The van der Waals surface area contributed by atoms with Crippen LogP contribution in [0.1, 0.15) is 37.9 Å². The average molecular weight is 299 g/mol. The third kappa shape index (κ3) is 5.63. The molecule has 0 radical (unpaired) electrons. The van der Waals surface area contributed by atoms with E-state index in [1.165, 1.54) is 18.9 Å². The summed E-state index contributed by atoms with van der Waals surface area (Å²) in [4.78, 5) is 8.92. The Balaban J connectivity index is 2.66. The molecule has 5 heteroatoms. The van der Waals surface area contributed by atoms with Crippen LogP contribution in [0.3, 0.4) is 0 Å². The number of aromatic nitrogens is 2. The minimum Gasteiger partial charge on any atom is -0.413 e. The maximum atomic E-state index is 6.19. The van der Waals surface area contributed by atoms with Gasteiger partial charge in [-0.15, -0.1) is 0 Å². The molecule has 0 N–H and O–H groups in total. The summed E-state index contributed by atoms with van der Waals surface area (Å²) >= 11 is 1.59. The quantitative estimate of drug-likeness (QED) is 0.407. The van der Waals surface area contributed by atoms with E-state index in [2.05, 4.69) is 36.9 Å². The molecular formula is C14H26N2OSSi. The first-order valence-electron chi connectivity index (χ1n) is 7.05. The molecule has 0 amide bonds. The van der Waals surface area contributed by atoms with Crippen molar-refractivity contribution >= 4 is 20.1 Å². The van der Waals surface area contributed by atoms with Crippen LogP contribution in [-0.4, -0.2) is 24.5 Å². The van der Waals surface area contributed by atoms with Crippen LogP contribution in [0.5, 0.6) is 0 Å². The van der Waals surface area contributed by atoms with E-state index in [0.717, 1.165) is 22.8 Å². The lowest BCUT2D eigenvalue weighted by Gasteiger charge is -2.23. The monoisotopic (exact) mass is 298 g/mol. The minimum atomic E-state index is -1.53. The van der Waals surface area contributed by atoms with E-state index >= 15 is 0 Å². The first-order chi connectivity index (χ1) is 9.02. The van der Waals surface area contributed by atoms with Gasteiger partial charge in [0.25, 0.3) is 0 Å². The number of unbranched alkanes of at least 4 members (excludes halogenated alkanes) is 1. The van der Waals surface area contributed by atoms with E-state index in [9.17, 15) is 0 Å². The molecule has 0 atom stereocenters. The predicted molar refractivity (Wildman–Crippen MR) is 85.2 cm³/mol. The lowest BCUT2D eigenvalue weighted by atomic mass is 10.2. The van der Waals surface area contributed by atoms with Crippen LogP contribution in [0.15, 0.2) is 11.4 Å². The van der Waals surface area contributed by atoms with Crippen molar-refractivity contribution in [3.63, 3.8) is 0 Å². The van der Waals surface area contributed by atoms with Crippen LogP contribution in [0.2, 0.25) is 19.1 Å². The molecule has 0 spiro atoms. The lowest BCUT2D eigenvalue weighted by molar-refractivity contribution is 0.291. The maximum Gasteiger partial charge on any atom is 0.187 e. The van der Waals surface area contributed by atoms with Crippen molar-refractivity contribution in [3.8, 4) is 0 Å². The zero-order valence-electron chi connectivity index (χ0n) is 12.8. The van der Waals surface area contributed by atoms with Crippen molar-refractivity contribution in [2.24, 2.45) is 0 Å². The summed E-state index contributed by atoms with van der Waals surface area (Å²) in [6.07, 6.45) is 7.38.